The number of hydrogen-bond donors (Lipinski definition) is 0. The number of carbonyl (C=O) groups is 1. The number of thiophene rings is 1. The van der Waals surface area contributed by atoms with E-state index >= 15 is 0 Å². The Hall–Kier alpha value is -2.82. The third-order valence-electron chi connectivity index (χ3n) is 4.38. The molecule has 0 radical (unpaired) electrons. The Balaban J connectivity index is 1.56. The number of fused-ring (bicyclic) bond motifs is 1. The van der Waals surface area contributed by atoms with Crippen LogP contribution in [0.15, 0.2) is 79.0 Å². The highest BCUT2D eigenvalue weighted by molar-refractivity contribution is 7.19. The molecule has 0 fully saturated rings. The van der Waals surface area contributed by atoms with Gasteiger partial charge in [-0.15, -0.1) is 11.3 Å². The third kappa shape index (κ3) is 3.97. The molecular formula is C23H19NO2S. The molecule has 0 unspecified atom stereocenters. The Labute approximate surface area is 162 Å². The molecule has 3 nitrogen and oxygen atoms in total. The van der Waals surface area contributed by atoms with Crippen LogP contribution in [0, 0.1) is 0 Å². The van der Waals surface area contributed by atoms with E-state index in [1.54, 1.807) is 23.6 Å². The molecule has 0 spiro atoms. The molecule has 4 heteroatoms. The predicted molar refractivity (Wildman–Crippen MR) is 109 cm³/mol. The largest absolute Gasteiger partial charge is 0.376 e. The first kappa shape index (κ1) is 17.6. The fourth-order valence-corrected chi connectivity index (χ4v) is 4.26. The summed E-state index contributed by atoms with van der Waals surface area (Å²) in [5.41, 5.74) is 2.39. The number of benzene rings is 2. The Morgan fingerprint density at radius 2 is 1.70 bits per heavy atom. The van der Waals surface area contributed by atoms with Crippen molar-refractivity contribution in [1.29, 1.82) is 0 Å². The summed E-state index contributed by atoms with van der Waals surface area (Å²) in [5, 5.41) is 0.996. The minimum atomic E-state index is -0.0221. The smallest absolute Gasteiger partial charge is 0.213 e. The van der Waals surface area contributed by atoms with E-state index in [-0.39, 0.29) is 5.78 Å². The maximum absolute atomic E-state index is 13.1. The van der Waals surface area contributed by atoms with E-state index in [0.29, 0.717) is 25.3 Å². The Bertz CT molecular complexity index is 1040. The first-order valence-corrected chi connectivity index (χ1v) is 9.72. The number of nitrogens with zero attached hydrogens (tertiary/aromatic N) is 1. The lowest BCUT2D eigenvalue weighted by Crippen LogP contribution is -2.07. The molecule has 0 amide bonds. The van der Waals surface area contributed by atoms with Crippen LogP contribution in [0.2, 0.25) is 0 Å². The normalized spacial score (nSPS) is 11.0. The van der Waals surface area contributed by atoms with Gasteiger partial charge in [-0.25, -0.2) is 0 Å². The van der Waals surface area contributed by atoms with Crippen LogP contribution in [0.25, 0.3) is 10.1 Å². The molecule has 2 heterocycles. The topological polar surface area (TPSA) is 39.2 Å². The van der Waals surface area contributed by atoms with Gasteiger partial charge in [-0.1, -0.05) is 54.6 Å². The van der Waals surface area contributed by atoms with Crippen LogP contribution in [0.3, 0.4) is 0 Å². The highest BCUT2D eigenvalue weighted by atomic mass is 32.1. The monoisotopic (exact) mass is 373 g/mol. The Kier molecular flexibility index (Phi) is 5.37. The van der Waals surface area contributed by atoms with Crippen molar-refractivity contribution in [2.24, 2.45) is 0 Å². The lowest BCUT2D eigenvalue weighted by atomic mass is 10.0. The third-order valence-corrected chi connectivity index (χ3v) is 5.61. The first-order chi connectivity index (χ1) is 13.3. The van der Waals surface area contributed by atoms with Crippen LogP contribution in [0.1, 0.15) is 26.5 Å². The summed E-state index contributed by atoms with van der Waals surface area (Å²) in [4.78, 5) is 18.4. The van der Waals surface area contributed by atoms with Crippen molar-refractivity contribution >= 4 is 27.2 Å². The van der Waals surface area contributed by atoms with Crippen LogP contribution >= 0.6 is 11.3 Å². The van der Waals surface area contributed by atoms with E-state index in [2.05, 4.69) is 23.2 Å². The number of aromatic nitrogens is 1. The lowest BCUT2D eigenvalue weighted by molar-refractivity contribution is 0.103. The van der Waals surface area contributed by atoms with Gasteiger partial charge in [0.15, 0.2) is 0 Å². The van der Waals surface area contributed by atoms with E-state index in [1.807, 2.05) is 48.5 Å². The van der Waals surface area contributed by atoms with Crippen LogP contribution < -0.4 is 0 Å². The van der Waals surface area contributed by atoms with Gasteiger partial charge in [0.25, 0.3) is 0 Å². The highest BCUT2D eigenvalue weighted by Crippen LogP contribution is 2.33. The van der Waals surface area contributed by atoms with Gasteiger partial charge in [-0.3, -0.25) is 9.78 Å². The van der Waals surface area contributed by atoms with Crippen molar-refractivity contribution < 1.29 is 9.53 Å². The lowest BCUT2D eigenvalue weighted by Gasteiger charge is -2.06. The average molecular weight is 373 g/mol. The van der Waals surface area contributed by atoms with Crippen molar-refractivity contribution in [1.82, 2.24) is 4.98 Å². The van der Waals surface area contributed by atoms with Crippen molar-refractivity contribution in [3.05, 3.63) is 101 Å². The van der Waals surface area contributed by atoms with Crippen LogP contribution in [0.4, 0.5) is 0 Å². The minimum Gasteiger partial charge on any atom is -0.376 e. The quantitative estimate of drug-likeness (QED) is 0.326. The molecule has 0 saturated heterocycles. The molecule has 134 valence electrons. The molecule has 2 aromatic heterocycles. The summed E-state index contributed by atoms with van der Waals surface area (Å²) in [7, 11) is 0. The van der Waals surface area contributed by atoms with Crippen LogP contribution in [-0.4, -0.2) is 17.4 Å². The number of ketones is 1. The fourth-order valence-electron chi connectivity index (χ4n) is 3.08. The zero-order valence-electron chi connectivity index (χ0n) is 14.8. The van der Waals surface area contributed by atoms with Crippen LogP contribution in [0.5, 0.6) is 0 Å². The van der Waals surface area contributed by atoms with Crippen molar-refractivity contribution in [2.45, 2.75) is 13.0 Å². The van der Waals surface area contributed by atoms with Gasteiger partial charge in [0.1, 0.15) is 5.69 Å². The van der Waals surface area contributed by atoms with E-state index in [9.17, 15) is 4.79 Å². The number of ether oxygens (including phenoxy) is 1. The zero-order valence-corrected chi connectivity index (χ0v) is 15.6. The summed E-state index contributed by atoms with van der Waals surface area (Å²) in [6, 6.07) is 23.6. The predicted octanol–water partition coefficient (Wildman–Crippen LogP) is 5.29. The van der Waals surface area contributed by atoms with Gasteiger partial charge >= 0.3 is 0 Å². The number of rotatable bonds is 7. The summed E-state index contributed by atoms with van der Waals surface area (Å²) < 4.78 is 6.96. The molecule has 2 aromatic carbocycles. The second kappa shape index (κ2) is 8.25. The van der Waals surface area contributed by atoms with E-state index < -0.39 is 0 Å². The summed E-state index contributed by atoms with van der Waals surface area (Å²) in [6.07, 6.45) is 2.37. The molecule has 4 aromatic rings. The first-order valence-electron chi connectivity index (χ1n) is 8.91. The molecular weight excluding hydrogens is 354 g/mol. The molecule has 0 aliphatic heterocycles. The molecule has 0 bridgehead atoms. The van der Waals surface area contributed by atoms with Gasteiger partial charge in [0.2, 0.25) is 5.78 Å². The Morgan fingerprint density at radius 3 is 2.52 bits per heavy atom. The SMILES string of the molecule is O=C(c1ccccn1)c1c(CCOCc2ccccc2)sc2ccccc12. The van der Waals surface area contributed by atoms with Gasteiger partial charge in [0, 0.05) is 33.1 Å². The molecule has 4 rings (SSSR count). The second-order valence-electron chi connectivity index (χ2n) is 6.23. The maximum atomic E-state index is 13.1. The molecule has 0 N–H and O–H groups in total. The summed E-state index contributed by atoms with van der Waals surface area (Å²) >= 11 is 1.66. The van der Waals surface area contributed by atoms with E-state index in [4.69, 9.17) is 4.74 Å². The number of hydrogen-bond acceptors (Lipinski definition) is 4. The van der Waals surface area contributed by atoms with Crippen molar-refractivity contribution in [3.8, 4) is 0 Å². The molecule has 0 saturated carbocycles. The Morgan fingerprint density at radius 1 is 0.926 bits per heavy atom. The van der Waals surface area contributed by atoms with Gasteiger partial charge < -0.3 is 4.74 Å². The number of carbonyl (C=O) groups excluding carboxylic acids is 1. The zero-order chi connectivity index (χ0) is 18.5. The van der Waals surface area contributed by atoms with Crippen LogP contribution in [-0.2, 0) is 17.8 Å². The molecule has 0 aliphatic carbocycles. The van der Waals surface area contributed by atoms with Gasteiger partial charge in [-0.2, -0.15) is 0 Å². The van der Waals surface area contributed by atoms with Gasteiger partial charge in [-0.05, 0) is 23.8 Å². The number of pyridine rings is 1. The molecule has 27 heavy (non-hydrogen) atoms. The highest BCUT2D eigenvalue weighted by Gasteiger charge is 2.20. The van der Waals surface area contributed by atoms with Crippen molar-refractivity contribution in [3.63, 3.8) is 0 Å². The van der Waals surface area contributed by atoms with Gasteiger partial charge in [0.05, 0.1) is 13.2 Å². The molecule has 0 aliphatic rings. The standard InChI is InChI=1S/C23H19NO2S/c25-23(19-11-6-7-14-24-19)22-18-10-4-5-12-20(18)27-21(22)13-15-26-16-17-8-2-1-3-9-17/h1-12,14H,13,15-16H2. The van der Waals surface area contributed by atoms with E-state index in [1.165, 1.54) is 0 Å². The summed E-state index contributed by atoms with van der Waals surface area (Å²) in [6.45, 7) is 1.15. The van der Waals surface area contributed by atoms with E-state index in [0.717, 1.165) is 26.1 Å². The average Bonchev–Trinajstić information content (AvgIpc) is 3.10. The minimum absolute atomic E-state index is 0.0221. The maximum Gasteiger partial charge on any atom is 0.213 e. The second-order valence-corrected chi connectivity index (χ2v) is 7.37. The van der Waals surface area contributed by atoms with Crippen molar-refractivity contribution in [2.75, 3.05) is 6.61 Å². The molecule has 0 atom stereocenters. The summed E-state index contributed by atoms with van der Waals surface area (Å²) in [5.74, 6) is -0.0221. The fraction of sp³-hybridized carbons (Fsp3) is 0.130.